The maximum Gasteiger partial charge on any atom is 0.457 e. The fourth-order valence-corrected chi connectivity index (χ4v) is 3.00. The van der Waals surface area contributed by atoms with Crippen molar-refractivity contribution in [3.63, 3.8) is 0 Å². The first-order valence-corrected chi connectivity index (χ1v) is 8.04. The summed E-state index contributed by atoms with van der Waals surface area (Å²) in [6.07, 6.45) is -12.9. The van der Waals surface area contributed by atoms with Crippen molar-refractivity contribution in [2.24, 2.45) is 0 Å². The van der Waals surface area contributed by atoms with E-state index in [9.17, 15) is 39.5 Å². The van der Waals surface area contributed by atoms with Gasteiger partial charge in [0.15, 0.2) is 0 Å². The number of alkyl halides is 9. The van der Waals surface area contributed by atoms with E-state index in [0.717, 1.165) is 31.3 Å². The normalized spacial score (nSPS) is 15.3. The number of aryl methyl sites for hydroxylation is 2. The van der Waals surface area contributed by atoms with Crippen LogP contribution in [0.15, 0.2) is 30.5 Å². The predicted octanol–water partition coefficient (Wildman–Crippen LogP) is 6.68. The Morgan fingerprint density at radius 2 is 1.48 bits per heavy atom. The minimum atomic E-state index is -6.88. The molecule has 1 atom stereocenters. The Kier molecular flexibility index (Phi) is 5.68. The lowest BCUT2D eigenvalue weighted by molar-refractivity contribution is -0.389. The van der Waals surface area contributed by atoms with Crippen LogP contribution in [0.4, 0.5) is 43.9 Å². The first-order valence-electron chi connectivity index (χ1n) is 8.04. The summed E-state index contributed by atoms with van der Waals surface area (Å²) in [5.41, 5.74) is -10.6. The number of aromatic nitrogens is 1. The van der Waals surface area contributed by atoms with Crippen molar-refractivity contribution in [1.29, 1.82) is 0 Å². The van der Waals surface area contributed by atoms with Crippen molar-refractivity contribution < 1.29 is 43.9 Å². The minimum Gasteiger partial charge on any atom is -0.228 e. The van der Waals surface area contributed by atoms with Crippen LogP contribution in [-0.4, -0.2) is 23.3 Å². The Morgan fingerprint density at radius 1 is 0.897 bits per heavy atom. The summed E-state index contributed by atoms with van der Waals surface area (Å²) in [6, 6.07) is 3.21. The molecule has 0 aliphatic heterocycles. The van der Waals surface area contributed by atoms with Gasteiger partial charge in [0.05, 0.1) is 0 Å². The SMILES string of the molecule is CCc1cc(C)cc(C(F)(C(F)(F)F)C(F)(F)C(F)(F)F)c1-c1cccnc1F. The maximum absolute atomic E-state index is 15.1. The molecule has 0 aliphatic carbocycles. The van der Waals surface area contributed by atoms with Crippen LogP contribution in [0.2, 0.25) is 0 Å². The summed E-state index contributed by atoms with van der Waals surface area (Å²) in [5, 5.41) is 0. The summed E-state index contributed by atoms with van der Waals surface area (Å²) in [7, 11) is 0. The molecule has 0 N–H and O–H groups in total. The molecule has 1 nitrogen and oxygen atoms in total. The van der Waals surface area contributed by atoms with E-state index in [1.807, 2.05) is 0 Å². The predicted molar refractivity (Wildman–Crippen MR) is 83.6 cm³/mol. The lowest BCUT2D eigenvalue weighted by atomic mass is 9.79. The second-order valence-corrected chi connectivity index (χ2v) is 6.27. The zero-order valence-electron chi connectivity index (χ0n) is 14.8. The second-order valence-electron chi connectivity index (χ2n) is 6.27. The molecule has 1 aromatic heterocycles. The first kappa shape index (κ1) is 23.0. The smallest absolute Gasteiger partial charge is 0.228 e. The molecule has 0 radical (unpaired) electrons. The third-order valence-corrected chi connectivity index (χ3v) is 4.32. The molecule has 160 valence electrons. The number of nitrogens with zero attached hydrogens (tertiary/aromatic N) is 1. The Hall–Kier alpha value is -2.33. The van der Waals surface area contributed by atoms with Crippen LogP contribution in [0.5, 0.6) is 0 Å². The molecule has 2 aromatic rings. The number of pyridine rings is 1. The molecular weight excluding hydrogens is 420 g/mol. The molecule has 1 aromatic carbocycles. The topological polar surface area (TPSA) is 12.9 Å². The van der Waals surface area contributed by atoms with Crippen molar-refractivity contribution in [2.75, 3.05) is 0 Å². The molecule has 0 saturated heterocycles. The molecule has 2 rings (SSSR count). The molecule has 0 saturated carbocycles. The lowest BCUT2D eigenvalue weighted by Crippen LogP contribution is -2.60. The third kappa shape index (κ3) is 3.55. The number of rotatable bonds is 4. The van der Waals surface area contributed by atoms with Crippen LogP contribution in [0.3, 0.4) is 0 Å². The van der Waals surface area contributed by atoms with Crippen molar-refractivity contribution in [2.45, 2.75) is 44.2 Å². The monoisotopic (exact) mass is 433 g/mol. The average Bonchev–Trinajstić information content (AvgIpc) is 2.58. The minimum absolute atomic E-state index is 0.204. The summed E-state index contributed by atoms with van der Waals surface area (Å²) in [6.45, 7) is 2.43. The second kappa shape index (κ2) is 7.17. The standard InChI is InChI=1S/C18H13F10N/c1-3-10-7-9(2)8-12(13(10)11-5-4-6-29-14(11)19)15(20,17(23,24)25)16(21,22)18(26,27)28/h4-8H,3H2,1-2H3. The van der Waals surface area contributed by atoms with Gasteiger partial charge < -0.3 is 0 Å². The van der Waals surface area contributed by atoms with Crippen molar-refractivity contribution in [3.05, 3.63) is 53.1 Å². The van der Waals surface area contributed by atoms with Crippen molar-refractivity contribution in [1.82, 2.24) is 4.98 Å². The van der Waals surface area contributed by atoms with E-state index < -0.39 is 46.6 Å². The maximum atomic E-state index is 15.1. The van der Waals surface area contributed by atoms with Gasteiger partial charge in [-0.2, -0.15) is 39.5 Å². The van der Waals surface area contributed by atoms with Gasteiger partial charge in [-0.15, -0.1) is 0 Å². The quantitative estimate of drug-likeness (QED) is 0.387. The molecule has 1 unspecified atom stereocenters. The van der Waals surface area contributed by atoms with Gasteiger partial charge in [-0.1, -0.05) is 24.6 Å². The number of hydrogen-bond donors (Lipinski definition) is 0. The van der Waals surface area contributed by atoms with Gasteiger partial charge in [0.1, 0.15) is 0 Å². The molecule has 1 heterocycles. The molecule has 29 heavy (non-hydrogen) atoms. The fraction of sp³-hybridized carbons (Fsp3) is 0.389. The molecule has 0 aliphatic rings. The van der Waals surface area contributed by atoms with Gasteiger partial charge in [-0.05, 0) is 36.6 Å². The molecule has 0 bridgehead atoms. The van der Waals surface area contributed by atoms with Crippen LogP contribution in [0.25, 0.3) is 11.1 Å². The number of hydrogen-bond acceptors (Lipinski definition) is 1. The highest BCUT2D eigenvalue weighted by molar-refractivity contribution is 5.73. The Balaban J connectivity index is 3.08. The van der Waals surface area contributed by atoms with E-state index in [2.05, 4.69) is 4.98 Å². The van der Waals surface area contributed by atoms with Crippen LogP contribution < -0.4 is 0 Å². The van der Waals surface area contributed by atoms with Gasteiger partial charge >= 0.3 is 23.9 Å². The highest BCUT2D eigenvalue weighted by Gasteiger charge is 2.82. The van der Waals surface area contributed by atoms with E-state index in [-0.39, 0.29) is 23.6 Å². The van der Waals surface area contributed by atoms with Crippen LogP contribution in [0, 0.1) is 12.9 Å². The van der Waals surface area contributed by atoms with Gasteiger partial charge in [0.25, 0.3) is 0 Å². The summed E-state index contributed by atoms with van der Waals surface area (Å²) < 4.78 is 136. The highest BCUT2D eigenvalue weighted by atomic mass is 19.4. The summed E-state index contributed by atoms with van der Waals surface area (Å²) in [5.74, 6) is -8.31. The largest absolute Gasteiger partial charge is 0.457 e. The van der Waals surface area contributed by atoms with Gasteiger partial charge in [-0.25, -0.2) is 9.37 Å². The highest BCUT2D eigenvalue weighted by Crippen LogP contribution is 2.60. The van der Waals surface area contributed by atoms with E-state index in [1.165, 1.54) is 6.92 Å². The van der Waals surface area contributed by atoms with E-state index in [1.54, 1.807) is 0 Å². The molecular formula is C18H13F10N. The Bertz CT molecular complexity index is 900. The van der Waals surface area contributed by atoms with E-state index in [0.29, 0.717) is 0 Å². The molecule has 11 heteroatoms. The number of benzene rings is 1. The number of halogens is 10. The van der Waals surface area contributed by atoms with Crippen molar-refractivity contribution in [3.8, 4) is 11.1 Å². The summed E-state index contributed by atoms with van der Waals surface area (Å²) in [4.78, 5) is 3.17. The lowest BCUT2D eigenvalue weighted by Gasteiger charge is -2.37. The van der Waals surface area contributed by atoms with Gasteiger partial charge in [0, 0.05) is 17.3 Å². The molecule has 0 fully saturated rings. The van der Waals surface area contributed by atoms with Crippen LogP contribution >= 0.6 is 0 Å². The molecule has 0 amide bonds. The Morgan fingerprint density at radius 3 is 1.93 bits per heavy atom. The zero-order chi connectivity index (χ0) is 22.4. The van der Waals surface area contributed by atoms with Crippen molar-refractivity contribution >= 4 is 0 Å². The fourth-order valence-electron chi connectivity index (χ4n) is 3.00. The van der Waals surface area contributed by atoms with E-state index >= 15 is 4.39 Å². The Labute approximate surface area is 158 Å². The van der Waals surface area contributed by atoms with Crippen LogP contribution in [-0.2, 0) is 12.1 Å². The van der Waals surface area contributed by atoms with Gasteiger partial charge in [-0.3, -0.25) is 0 Å². The van der Waals surface area contributed by atoms with E-state index in [4.69, 9.17) is 0 Å². The van der Waals surface area contributed by atoms with Crippen LogP contribution in [0.1, 0.15) is 23.6 Å². The summed E-state index contributed by atoms with van der Waals surface area (Å²) >= 11 is 0. The van der Waals surface area contributed by atoms with Gasteiger partial charge in [0.2, 0.25) is 5.95 Å². The average molecular weight is 433 g/mol. The first-order chi connectivity index (χ1) is 13.1. The molecule has 0 spiro atoms. The third-order valence-electron chi connectivity index (χ3n) is 4.32. The zero-order valence-corrected chi connectivity index (χ0v) is 14.8.